The number of carboxylic acids is 2. The molecule has 0 saturated heterocycles. The summed E-state index contributed by atoms with van der Waals surface area (Å²) >= 11 is 0. The number of aliphatic carboxylic acids is 2. The molecule has 19 heavy (non-hydrogen) atoms. The minimum absolute atomic E-state index is 0.670. The highest BCUT2D eigenvalue weighted by Gasteiger charge is 2.27. The predicted octanol–water partition coefficient (Wildman–Crippen LogP) is -2.12. The molecule has 108 valence electrons. The summed E-state index contributed by atoms with van der Waals surface area (Å²) in [5.74, 6) is -4.19. The fourth-order valence-corrected chi connectivity index (χ4v) is 1.06. The van der Waals surface area contributed by atoms with Gasteiger partial charge in [0.2, 0.25) is 11.8 Å². The number of hydrogen-bond donors (Lipinski definition) is 5. The number of carbonyl (C=O) groups is 4. The van der Waals surface area contributed by atoms with Crippen LogP contribution in [0.4, 0.5) is 0 Å². The lowest BCUT2D eigenvalue weighted by molar-refractivity contribution is -0.143. The Morgan fingerprint density at radius 1 is 1.05 bits per heavy atom. The summed E-state index contributed by atoms with van der Waals surface area (Å²) in [5, 5.41) is 21.5. The molecule has 3 unspecified atom stereocenters. The Labute approximate surface area is 109 Å². The van der Waals surface area contributed by atoms with E-state index in [1.807, 2.05) is 0 Å². The van der Waals surface area contributed by atoms with Gasteiger partial charge in [-0.05, 0) is 13.8 Å². The van der Waals surface area contributed by atoms with Gasteiger partial charge in [0, 0.05) is 0 Å². The van der Waals surface area contributed by atoms with Gasteiger partial charge in [-0.15, -0.1) is 0 Å². The molecule has 0 fully saturated rings. The van der Waals surface area contributed by atoms with E-state index in [1.165, 1.54) is 13.8 Å². The lowest BCUT2D eigenvalue weighted by Crippen LogP contribution is -2.54. The molecule has 0 heterocycles. The summed E-state index contributed by atoms with van der Waals surface area (Å²) in [6, 6.07) is -3.49. The van der Waals surface area contributed by atoms with E-state index in [0.717, 1.165) is 0 Å². The van der Waals surface area contributed by atoms with Crippen LogP contribution in [0.15, 0.2) is 0 Å². The average Bonchev–Trinajstić information content (AvgIpc) is 2.26. The van der Waals surface area contributed by atoms with Crippen LogP contribution in [0.3, 0.4) is 0 Å². The summed E-state index contributed by atoms with van der Waals surface area (Å²) in [7, 11) is 0. The van der Waals surface area contributed by atoms with Crippen molar-refractivity contribution < 1.29 is 29.4 Å². The molecule has 0 aromatic rings. The van der Waals surface area contributed by atoms with E-state index in [2.05, 4.69) is 10.6 Å². The highest BCUT2D eigenvalue weighted by molar-refractivity contribution is 5.93. The molecular formula is C10H17N3O6. The monoisotopic (exact) mass is 275 g/mol. The number of nitrogens with one attached hydrogen (secondary N) is 2. The number of hydrogen-bond acceptors (Lipinski definition) is 5. The van der Waals surface area contributed by atoms with Crippen molar-refractivity contribution in [3.63, 3.8) is 0 Å². The van der Waals surface area contributed by atoms with Crippen molar-refractivity contribution in [2.45, 2.75) is 38.4 Å². The lowest BCUT2D eigenvalue weighted by Gasteiger charge is -2.19. The van der Waals surface area contributed by atoms with Crippen molar-refractivity contribution in [1.29, 1.82) is 0 Å². The van der Waals surface area contributed by atoms with Gasteiger partial charge < -0.3 is 26.6 Å². The summed E-state index contributed by atoms with van der Waals surface area (Å²) in [6.07, 6.45) is -0.670. The second kappa shape index (κ2) is 7.31. The summed E-state index contributed by atoms with van der Waals surface area (Å²) in [6.45, 7) is 2.58. The Morgan fingerprint density at radius 2 is 1.58 bits per heavy atom. The third kappa shape index (κ3) is 6.36. The lowest BCUT2D eigenvalue weighted by atomic mass is 10.1. The van der Waals surface area contributed by atoms with Gasteiger partial charge in [-0.1, -0.05) is 0 Å². The molecule has 0 bridgehead atoms. The van der Waals surface area contributed by atoms with Crippen molar-refractivity contribution in [3.8, 4) is 0 Å². The summed E-state index contributed by atoms with van der Waals surface area (Å²) in [4.78, 5) is 44.2. The van der Waals surface area contributed by atoms with E-state index < -0.39 is 48.3 Å². The van der Waals surface area contributed by atoms with Crippen LogP contribution in [0.2, 0.25) is 0 Å². The minimum Gasteiger partial charge on any atom is -0.481 e. The van der Waals surface area contributed by atoms with Gasteiger partial charge in [-0.3, -0.25) is 19.2 Å². The zero-order valence-electron chi connectivity index (χ0n) is 10.5. The topological polar surface area (TPSA) is 159 Å². The van der Waals surface area contributed by atoms with Gasteiger partial charge in [0.15, 0.2) is 0 Å². The Hall–Kier alpha value is -2.16. The third-order valence-electron chi connectivity index (χ3n) is 2.15. The fourth-order valence-electron chi connectivity index (χ4n) is 1.06. The zero-order chi connectivity index (χ0) is 15.2. The van der Waals surface area contributed by atoms with Crippen LogP contribution < -0.4 is 16.4 Å². The SMILES string of the molecule is CC(N)C(=O)NC(CC(=O)O)C(=O)NC(C)C(=O)O. The van der Waals surface area contributed by atoms with Gasteiger partial charge in [-0.2, -0.15) is 0 Å². The van der Waals surface area contributed by atoms with E-state index in [1.54, 1.807) is 0 Å². The standard InChI is InChI=1S/C10H17N3O6/c1-4(11)8(16)13-6(3-7(14)15)9(17)12-5(2)10(18)19/h4-6H,3,11H2,1-2H3,(H,12,17)(H,13,16)(H,14,15)(H,18,19). The molecule has 0 aromatic carbocycles. The Balaban J connectivity index is 4.74. The van der Waals surface area contributed by atoms with Crippen LogP contribution in [0.25, 0.3) is 0 Å². The predicted molar refractivity (Wildman–Crippen MR) is 63.1 cm³/mol. The van der Waals surface area contributed by atoms with Gasteiger partial charge in [0.1, 0.15) is 12.1 Å². The van der Waals surface area contributed by atoms with Crippen molar-refractivity contribution >= 4 is 23.8 Å². The number of amides is 2. The van der Waals surface area contributed by atoms with E-state index >= 15 is 0 Å². The molecule has 2 amide bonds. The first kappa shape index (κ1) is 16.8. The van der Waals surface area contributed by atoms with Gasteiger partial charge in [-0.25, -0.2) is 0 Å². The quantitative estimate of drug-likeness (QED) is 0.355. The molecular weight excluding hydrogens is 258 g/mol. The molecule has 0 spiro atoms. The van der Waals surface area contributed by atoms with Crippen molar-refractivity contribution in [2.24, 2.45) is 5.73 Å². The first-order chi connectivity index (χ1) is 8.65. The molecule has 9 heteroatoms. The van der Waals surface area contributed by atoms with E-state index in [-0.39, 0.29) is 0 Å². The normalized spacial score (nSPS) is 14.9. The molecule has 0 radical (unpaired) electrons. The minimum atomic E-state index is -1.38. The van der Waals surface area contributed by atoms with Crippen LogP contribution in [-0.4, -0.2) is 52.1 Å². The fraction of sp³-hybridized carbons (Fsp3) is 0.600. The number of nitrogens with two attached hydrogens (primary N) is 1. The van der Waals surface area contributed by atoms with Crippen LogP contribution >= 0.6 is 0 Å². The van der Waals surface area contributed by atoms with Crippen LogP contribution in [-0.2, 0) is 19.2 Å². The maximum absolute atomic E-state index is 11.7. The zero-order valence-corrected chi connectivity index (χ0v) is 10.5. The first-order valence-corrected chi connectivity index (χ1v) is 5.46. The third-order valence-corrected chi connectivity index (χ3v) is 2.15. The number of carbonyl (C=O) groups excluding carboxylic acids is 2. The van der Waals surface area contributed by atoms with Crippen LogP contribution in [0.5, 0.6) is 0 Å². The molecule has 0 rings (SSSR count). The number of carboxylic acid groups (broad SMARTS) is 2. The van der Waals surface area contributed by atoms with Crippen LogP contribution in [0.1, 0.15) is 20.3 Å². The van der Waals surface area contributed by atoms with Gasteiger partial charge >= 0.3 is 11.9 Å². The Kier molecular flexibility index (Phi) is 6.48. The molecule has 3 atom stereocenters. The average molecular weight is 275 g/mol. The molecule has 0 aromatic heterocycles. The van der Waals surface area contributed by atoms with Gasteiger partial charge in [0.25, 0.3) is 0 Å². The molecule has 0 saturated carbocycles. The molecule has 9 nitrogen and oxygen atoms in total. The van der Waals surface area contributed by atoms with Crippen LogP contribution in [0, 0.1) is 0 Å². The Bertz CT molecular complexity index is 381. The highest BCUT2D eigenvalue weighted by atomic mass is 16.4. The van der Waals surface area contributed by atoms with E-state index in [9.17, 15) is 19.2 Å². The maximum atomic E-state index is 11.7. The van der Waals surface area contributed by atoms with Crippen molar-refractivity contribution in [3.05, 3.63) is 0 Å². The van der Waals surface area contributed by atoms with Crippen molar-refractivity contribution in [2.75, 3.05) is 0 Å². The van der Waals surface area contributed by atoms with E-state index in [4.69, 9.17) is 15.9 Å². The van der Waals surface area contributed by atoms with Crippen molar-refractivity contribution in [1.82, 2.24) is 10.6 Å². The maximum Gasteiger partial charge on any atom is 0.325 e. The second-order valence-electron chi connectivity index (χ2n) is 4.02. The molecule has 6 N–H and O–H groups in total. The Morgan fingerprint density at radius 3 is 1.95 bits per heavy atom. The smallest absolute Gasteiger partial charge is 0.325 e. The molecule has 0 aliphatic carbocycles. The van der Waals surface area contributed by atoms with E-state index in [0.29, 0.717) is 0 Å². The first-order valence-electron chi connectivity index (χ1n) is 5.46. The number of rotatable bonds is 7. The van der Waals surface area contributed by atoms with Gasteiger partial charge in [0.05, 0.1) is 12.5 Å². The largest absolute Gasteiger partial charge is 0.481 e. The summed E-state index contributed by atoms with van der Waals surface area (Å²) < 4.78 is 0. The highest BCUT2D eigenvalue weighted by Crippen LogP contribution is 1.96. The molecule has 0 aliphatic rings. The molecule has 0 aliphatic heterocycles. The second-order valence-corrected chi connectivity index (χ2v) is 4.02. The summed E-state index contributed by atoms with van der Waals surface area (Å²) in [5.41, 5.74) is 5.28.